The molecule has 0 bridgehead atoms. The maximum absolute atomic E-state index is 13.3. The molecule has 34 heavy (non-hydrogen) atoms. The first kappa shape index (κ1) is 26.4. The van der Waals surface area contributed by atoms with E-state index < -0.39 is 15.9 Å². The molecule has 0 spiro atoms. The summed E-state index contributed by atoms with van der Waals surface area (Å²) < 4.78 is 27.8. The molecule has 0 aliphatic heterocycles. The highest BCUT2D eigenvalue weighted by atomic mass is 35.5. The Morgan fingerprint density at radius 3 is 2.26 bits per heavy atom. The molecule has 0 saturated heterocycles. The molecule has 1 saturated carbocycles. The first-order chi connectivity index (χ1) is 16.1. The summed E-state index contributed by atoms with van der Waals surface area (Å²) in [7, 11) is -3.88. The van der Waals surface area contributed by atoms with E-state index >= 15 is 0 Å². The smallest absolute Gasteiger partial charge is 0.255 e. The first-order valence-corrected chi connectivity index (χ1v) is 13.5. The van der Waals surface area contributed by atoms with Crippen molar-refractivity contribution in [2.45, 2.75) is 57.8 Å². The summed E-state index contributed by atoms with van der Waals surface area (Å²) in [5.74, 6) is 0.191. The summed E-state index contributed by atoms with van der Waals surface area (Å²) >= 11 is 5.93. The highest BCUT2D eigenvalue weighted by Crippen LogP contribution is 2.36. The summed E-state index contributed by atoms with van der Waals surface area (Å²) in [6.45, 7) is 6.64. The van der Waals surface area contributed by atoms with Crippen LogP contribution in [-0.2, 0) is 21.2 Å². The second-order valence-electron chi connectivity index (χ2n) is 9.88. The van der Waals surface area contributed by atoms with Gasteiger partial charge in [0.2, 0.25) is 10.0 Å². The van der Waals surface area contributed by atoms with Crippen LogP contribution in [0.1, 0.15) is 52.0 Å². The maximum Gasteiger partial charge on any atom is 0.255 e. The van der Waals surface area contributed by atoms with Gasteiger partial charge in [-0.2, -0.15) is 9.41 Å². The van der Waals surface area contributed by atoms with Gasteiger partial charge in [0.15, 0.2) is 0 Å². The van der Waals surface area contributed by atoms with Gasteiger partial charge in [0, 0.05) is 17.3 Å². The van der Waals surface area contributed by atoms with Crippen LogP contribution in [0.4, 0.5) is 0 Å². The molecule has 0 heterocycles. The average molecular weight is 504 g/mol. The zero-order chi connectivity index (χ0) is 24.8. The normalized spacial score (nSPS) is 17.0. The molecule has 2 aromatic rings. The molecule has 0 unspecified atom stereocenters. The van der Waals surface area contributed by atoms with Crippen molar-refractivity contribution in [1.82, 2.24) is 9.73 Å². The van der Waals surface area contributed by atoms with Crippen molar-refractivity contribution in [1.29, 1.82) is 0 Å². The summed E-state index contributed by atoms with van der Waals surface area (Å²) in [6, 6.07) is 15.6. The van der Waals surface area contributed by atoms with E-state index in [2.05, 4.69) is 31.3 Å². The van der Waals surface area contributed by atoms with E-state index in [1.165, 1.54) is 28.6 Å². The van der Waals surface area contributed by atoms with Crippen molar-refractivity contribution in [3.05, 3.63) is 65.2 Å². The lowest BCUT2D eigenvalue weighted by Crippen LogP contribution is -2.40. The zero-order valence-electron chi connectivity index (χ0n) is 20.1. The highest BCUT2D eigenvalue weighted by Gasteiger charge is 2.29. The number of sulfonamides is 1. The number of rotatable bonds is 8. The molecule has 1 aliphatic rings. The van der Waals surface area contributed by atoms with Crippen molar-refractivity contribution in [3.63, 3.8) is 0 Å². The van der Waals surface area contributed by atoms with Crippen molar-refractivity contribution >= 4 is 33.2 Å². The van der Waals surface area contributed by atoms with Crippen LogP contribution < -0.4 is 5.43 Å². The molecule has 8 heteroatoms. The Labute approximate surface area is 208 Å². The van der Waals surface area contributed by atoms with Gasteiger partial charge in [-0.05, 0) is 73.3 Å². The average Bonchev–Trinajstić information content (AvgIpc) is 2.81. The van der Waals surface area contributed by atoms with Gasteiger partial charge in [0.1, 0.15) is 0 Å². The largest absolute Gasteiger partial charge is 0.272 e. The molecular weight excluding hydrogens is 470 g/mol. The Morgan fingerprint density at radius 1 is 1.06 bits per heavy atom. The number of hydrogen-bond acceptors (Lipinski definition) is 4. The van der Waals surface area contributed by atoms with Gasteiger partial charge in [-0.15, -0.1) is 0 Å². The van der Waals surface area contributed by atoms with Crippen LogP contribution in [0, 0.1) is 11.3 Å². The Morgan fingerprint density at radius 2 is 1.68 bits per heavy atom. The van der Waals surface area contributed by atoms with E-state index in [0.29, 0.717) is 17.4 Å². The van der Waals surface area contributed by atoms with Gasteiger partial charge >= 0.3 is 0 Å². The van der Waals surface area contributed by atoms with E-state index in [9.17, 15) is 13.2 Å². The molecule has 0 atom stereocenters. The zero-order valence-corrected chi connectivity index (χ0v) is 21.7. The third-order valence-corrected chi connectivity index (χ3v) is 8.50. The number of carbonyl (C=O) groups is 1. The minimum atomic E-state index is -3.88. The van der Waals surface area contributed by atoms with Crippen LogP contribution in [-0.4, -0.2) is 37.4 Å². The summed E-state index contributed by atoms with van der Waals surface area (Å²) in [4.78, 5) is 12.8. The third-order valence-electron chi connectivity index (χ3n) is 6.39. The van der Waals surface area contributed by atoms with Gasteiger partial charge in [-0.1, -0.05) is 62.7 Å². The van der Waals surface area contributed by atoms with Crippen molar-refractivity contribution < 1.29 is 13.2 Å². The lowest BCUT2D eigenvalue weighted by molar-refractivity contribution is -0.121. The third kappa shape index (κ3) is 7.39. The van der Waals surface area contributed by atoms with Crippen LogP contribution in [0.15, 0.2) is 64.6 Å². The fourth-order valence-corrected chi connectivity index (χ4v) is 5.73. The molecular formula is C26H34ClN3O3S. The number of nitrogens with one attached hydrogen (secondary N) is 1. The number of halogens is 1. The van der Waals surface area contributed by atoms with E-state index in [4.69, 9.17) is 11.6 Å². The lowest BCUT2D eigenvalue weighted by atomic mass is 9.72. The topological polar surface area (TPSA) is 78.8 Å². The quantitative estimate of drug-likeness (QED) is 0.497. The minimum Gasteiger partial charge on any atom is -0.272 e. The molecule has 1 aliphatic carbocycles. The number of hydrogen-bond donors (Lipinski definition) is 1. The number of benzene rings is 2. The standard InChI is InChI=1S/C26H34ClN3O3S/c1-26(2,3)21-9-13-23(14-10-21)28-29-25(31)19-30(18-17-20-7-5-4-6-8-20)34(32,33)24-15-11-22(27)12-16-24/h4-8,11-12,15-16,21H,9-10,13-14,17-19H2,1-3H3,(H,29,31). The van der Waals surface area contributed by atoms with Gasteiger partial charge < -0.3 is 0 Å². The maximum atomic E-state index is 13.3. The van der Waals surface area contributed by atoms with Crippen molar-refractivity contribution in [3.8, 4) is 0 Å². The Kier molecular flexibility index (Phi) is 8.90. The van der Waals surface area contributed by atoms with Crippen molar-refractivity contribution in [2.75, 3.05) is 13.1 Å². The van der Waals surface area contributed by atoms with E-state index in [-0.39, 0.29) is 23.4 Å². The van der Waals surface area contributed by atoms with Gasteiger partial charge in [-0.25, -0.2) is 13.8 Å². The first-order valence-electron chi connectivity index (χ1n) is 11.7. The number of hydrazone groups is 1. The Bertz CT molecular complexity index is 1080. The van der Waals surface area contributed by atoms with Crippen LogP contribution in [0.25, 0.3) is 0 Å². The predicted molar refractivity (Wildman–Crippen MR) is 137 cm³/mol. The molecule has 1 N–H and O–H groups in total. The van der Waals surface area contributed by atoms with Crippen molar-refractivity contribution in [2.24, 2.45) is 16.4 Å². The predicted octanol–water partition coefficient (Wildman–Crippen LogP) is 5.28. The Balaban J connectivity index is 1.68. The summed E-state index contributed by atoms with van der Waals surface area (Å²) in [5, 5.41) is 4.76. The van der Waals surface area contributed by atoms with Gasteiger partial charge in [0.05, 0.1) is 11.4 Å². The monoisotopic (exact) mass is 503 g/mol. The lowest BCUT2D eigenvalue weighted by Gasteiger charge is -2.34. The van der Waals surface area contributed by atoms with Crippen LogP contribution in [0.3, 0.4) is 0 Å². The SMILES string of the molecule is CC(C)(C)C1CCC(=NNC(=O)CN(CCc2ccccc2)S(=O)(=O)c2ccc(Cl)cc2)CC1. The van der Waals surface area contributed by atoms with Crippen LogP contribution in [0.2, 0.25) is 5.02 Å². The number of nitrogens with zero attached hydrogens (tertiary/aromatic N) is 2. The number of carbonyl (C=O) groups excluding carboxylic acids is 1. The molecule has 1 fully saturated rings. The second kappa shape index (κ2) is 11.5. The van der Waals surface area contributed by atoms with E-state index in [0.717, 1.165) is 37.0 Å². The fourth-order valence-electron chi connectivity index (χ4n) is 4.20. The number of amides is 1. The molecule has 1 amide bonds. The van der Waals surface area contributed by atoms with E-state index in [1.807, 2.05) is 30.3 Å². The molecule has 0 radical (unpaired) electrons. The summed E-state index contributed by atoms with van der Waals surface area (Å²) in [6.07, 6.45) is 4.29. The molecule has 3 rings (SSSR count). The van der Waals surface area contributed by atoms with Crippen LogP contribution in [0.5, 0.6) is 0 Å². The molecule has 2 aromatic carbocycles. The van der Waals surface area contributed by atoms with Crippen LogP contribution >= 0.6 is 11.6 Å². The molecule has 0 aromatic heterocycles. The van der Waals surface area contributed by atoms with Gasteiger partial charge in [-0.3, -0.25) is 4.79 Å². The van der Waals surface area contributed by atoms with E-state index in [1.54, 1.807) is 0 Å². The Hall–Kier alpha value is -2.22. The second-order valence-corrected chi connectivity index (χ2v) is 12.3. The fraction of sp³-hybridized carbons (Fsp3) is 0.462. The minimum absolute atomic E-state index is 0.101. The molecule has 6 nitrogen and oxygen atoms in total. The molecule has 184 valence electrons. The van der Waals surface area contributed by atoms with Gasteiger partial charge in [0.25, 0.3) is 5.91 Å². The summed E-state index contributed by atoms with van der Waals surface area (Å²) in [5.41, 5.74) is 4.82. The highest BCUT2D eigenvalue weighted by molar-refractivity contribution is 7.89.